The maximum Gasteiger partial charge on any atom is 0.381 e. The van der Waals surface area contributed by atoms with E-state index < -0.39 is 17.6 Å². The summed E-state index contributed by atoms with van der Waals surface area (Å²) in [6, 6.07) is 3.49. The van der Waals surface area contributed by atoms with Gasteiger partial charge in [0.25, 0.3) is 0 Å². The standard InChI is InChI=1S/C7H5F2N3.C3H2O2/c8-6-2-1-3-7(9)5(6)4-11-12-10;1-2-3(4)5/h1-3H,4H2;1H,(H,4,5). The van der Waals surface area contributed by atoms with E-state index in [4.69, 9.17) is 15.4 Å². The van der Waals surface area contributed by atoms with Crippen molar-refractivity contribution >= 4 is 5.97 Å². The molecule has 0 bridgehead atoms. The third-order valence-corrected chi connectivity index (χ3v) is 1.48. The van der Waals surface area contributed by atoms with Crippen LogP contribution in [0.1, 0.15) is 5.56 Å². The second-order valence-electron chi connectivity index (χ2n) is 2.54. The molecule has 0 aliphatic rings. The van der Waals surface area contributed by atoms with Gasteiger partial charge < -0.3 is 5.11 Å². The average molecular weight is 239 g/mol. The van der Waals surface area contributed by atoms with E-state index in [1.54, 1.807) is 0 Å². The van der Waals surface area contributed by atoms with Gasteiger partial charge in [0.15, 0.2) is 0 Å². The molecule has 88 valence electrons. The van der Waals surface area contributed by atoms with Crippen molar-refractivity contribution < 1.29 is 18.7 Å². The minimum atomic E-state index is -1.22. The molecule has 0 atom stereocenters. The van der Waals surface area contributed by atoms with E-state index in [2.05, 4.69) is 16.4 Å². The van der Waals surface area contributed by atoms with Crippen LogP contribution in [-0.2, 0) is 11.3 Å². The molecule has 0 aliphatic heterocycles. The number of nitrogens with zero attached hydrogens (tertiary/aromatic N) is 3. The van der Waals surface area contributed by atoms with E-state index in [0.717, 1.165) is 12.1 Å². The Hall–Kier alpha value is -2.58. The molecular weight excluding hydrogens is 232 g/mol. The first kappa shape index (κ1) is 14.4. The minimum absolute atomic E-state index is 0.199. The third-order valence-electron chi connectivity index (χ3n) is 1.48. The quantitative estimate of drug-likeness (QED) is 0.372. The molecule has 0 aliphatic carbocycles. The van der Waals surface area contributed by atoms with Crippen molar-refractivity contribution in [1.29, 1.82) is 0 Å². The second-order valence-corrected chi connectivity index (χ2v) is 2.54. The predicted molar refractivity (Wildman–Crippen MR) is 55.7 cm³/mol. The van der Waals surface area contributed by atoms with Gasteiger partial charge in [-0.25, -0.2) is 13.6 Å². The highest BCUT2D eigenvalue weighted by atomic mass is 19.1. The number of carboxylic acids is 1. The molecule has 0 fully saturated rings. The molecule has 0 amide bonds. The normalized spacial score (nSPS) is 8.06. The van der Waals surface area contributed by atoms with Crippen LogP contribution in [0, 0.1) is 24.0 Å². The average Bonchev–Trinajstić information content (AvgIpc) is 2.29. The maximum absolute atomic E-state index is 12.8. The van der Waals surface area contributed by atoms with Crippen LogP contribution in [0.3, 0.4) is 0 Å². The summed E-state index contributed by atoms with van der Waals surface area (Å²) in [4.78, 5) is 11.5. The Kier molecular flexibility index (Phi) is 6.51. The molecule has 7 heteroatoms. The maximum atomic E-state index is 12.8. The van der Waals surface area contributed by atoms with Crippen LogP contribution in [-0.4, -0.2) is 11.1 Å². The Morgan fingerprint density at radius 3 is 2.35 bits per heavy atom. The first-order chi connectivity index (χ1) is 8.02. The van der Waals surface area contributed by atoms with E-state index in [1.165, 1.54) is 12.0 Å². The fourth-order valence-electron chi connectivity index (χ4n) is 0.786. The van der Waals surface area contributed by atoms with Gasteiger partial charge in [-0.3, -0.25) is 0 Å². The number of hydrogen-bond donors (Lipinski definition) is 1. The Labute approximate surface area is 95.3 Å². The number of azide groups is 1. The molecule has 0 unspecified atom stereocenters. The molecule has 0 saturated heterocycles. The molecule has 1 N–H and O–H groups in total. The van der Waals surface area contributed by atoms with Crippen molar-refractivity contribution in [3.63, 3.8) is 0 Å². The summed E-state index contributed by atoms with van der Waals surface area (Å²) in [6.45, 7) is -0.297. The highest BCUT2D eigenvalue weighted by Gasteiger charge is 2.05. The molecular formula is C10H7F2N3O2. The topological polar surface area (TPSA) is 86.1 Å². The Balaban J connectivity index is 0.000000437. The summed E-state index contributed by atoms with van der Waals surface area (Å²) in [5.41, 5.74) is 7.72. The van der Waals surface area contributed by atoms with Crippen LogP contribution >= 0.6 is 0 Å². The lowest BCUT2D eigenvalue weighted by atomic mass is 10.2. The number of rotatable bonds is 2. The summed E-state index contributed by atoms with van der Waals surface area (Å²) in [5, 5.41) is 10.6. The van der Waals surface area contributed by atoms with Crippen molar-refractivity contribution in [2.75, 3.05) is 0 Å². The van der Waals surface area contributed by atoms with Crippen molar-refractivity contribution in [2.24, 2.45) is 5.11 Å². The number of carboxylic acid groups (broad SMARTS) is 1. The van der Waals surface area contributed by atoms with E-state index in [-0.39, 0.29) is 12.1 Å². The number of carbonyl (C=O) groups is 1. The van der Waals surface area contributed by atoms with E-state index in [9.17, 15) is 8.78 Å². The van der Waals surface area contributed by atoms with Gasteiger partial charge in [-0.2, -0.15) is 0 Å². The summed E-state index contributed by atoms with van der Waals surface area (Å²) in [7, 11) is 0. The number of halogens is 2. The zero-order valence-corrected chi connectivity index (χ0v) is 8.47. The van der Waals surface area contributed by atoms with Crippen LogP contribution in [0.5, 0.6) is 0 Å². The van der Waals surface area contributed by atoms with Gasteiger partial charge in [0.05, 0.1) is 6.54 Å². The molecule has 0 heterocycles. The van der Waals surface area contributed by atoms with E-state index in [0.29, 0.717) is 0 Å². The van der Waals surface area contributed by atoms with Crippen LogP contribution in [0.25, 0.3) is 10.4 Å². The van der Waals surface area contributed by atoms with Gasteiger partial charge in [0.2, 0.25) is 0 Å². The SMILES string of the molecule is C#CC(=O)O.[N-]=[N+]=NCc1c(F)cccc1F. The molecule has 17 heavy (non-hydrogen) atoms. The third kappa shape index (κ3) is 5.77. The zero-order valence-electron chi connectivity index (χ0n) is 8.47. The minimum Gasteiger partial charge on any atom is -0.472 e. The number of terminal acetylenes is 1. The lowest BCUT2D eigenvalue weighted by molar-refractivity contribution is -0.130. The van der Waals surface area contributed by atoms with Crippen molar-refractivity contribution in [2.45, 2.75) is 6.54 Å². The fourth-order valence-corrected chi connectivity index (χ4v) is 0.786. The highest BCUT2D eigenvalue weighted by Crippen LogP contribution is 2.12. The van der Waals surface area contributed by atoms with Gasteiger partial charge in [-0.15, -0.1) is 6.42 Å². The van der Waals surface area contributed by atoms with Crippen LogP contribution < -0.4 is 0 Å². The van der Waals surface area contributed by atoms with Gasteiger partial charge in [0.1, 0.15) is 11.6 Å². The van der Waals surface area contributed by atoms with Gasteiger partial charge in [0, 0.05) is 16.4 Å². The van der Waals surface area contributed by atoms with E-state index in [1.807, 2.05) is 0 Å². The second kappa shape index (κ2) is 7.68. The largest absolute Gasteiger partial charge is 0.472 e. The molecule has 0 aromatic heterocycles. The highest BCUT2D eigenvalue weighted by molar-refractivity contribution is 5.85. The molecule has 0 saturated carbocycles. The number of hydrogen-bond acceptors (Lipinski definition) is 2. The first-order valence-electron chi connectivity index (χ1n) is 4.16. The summed E-state index contributed by atoms with van der Waals surface area (Å²) in [5.74, 6) is -1.16. The van der Waals surface area contributed by atoms with Crippen molar-refractivity contribution in [3.8, 4) is 12.3 Å². The molecule has 1 aromatic rings. The molecule has 1 rings (SSSR count). The Bertz CT molecular complexity index is 471. The number of benzene rings is 1. The Morgan fingerprint density at radius 2 is 2.00 bits per heavy atom. The smallest absolute Gasteiger partial charge is 0.381 e. The van der Waals surface area contributed by atoms with Gasteiger partial charge in [-0.05, 0) is 17.7 Å². The van der Waals surface area contributed by atoms with Crippen molar-refractivity contribution in [3.05, 3.63) is 45.8 Å². The van der Waals surface area contributed by atoms with E-state index >= 15 is 0 Å². The van der Waals surface area contributed by atoms with Crippen LogP contribution in [0.15, 0.2) is 23.3 Å². The lowest BCUT2D eigenvalue weighted by Crippen LogP contribution is -1.92. The zero-order chi connectivity index (χ0) is 13.3. The summed E-state index contributed by atoms with van der Waals surface area (Å²) >= 11 is 0. The van der Waals surface area contributed by atoms with Gasteiger partial charge in [-0.1, -0.05) is 11.2 Å². The molecule has 0 spiro atoms. The monoisotopic (exact) mass is 239 g/mol. The lowest BCUT2D eigenvalue weighted by Gasteiger charge is -1.98. The molecule has 0 radical (unpaired) electrons. The van der Waals surface area contributed by atoms with Crippen molar-refractivity contribution in [1.82, 2.24) is 0 Å². The molecule has 1 aromatic carbocycles. The number of aliphatic carboxylic acids is 1. The first-order valence-corrected chi connectivity index (χ1v) is 4.16. The van der Waals surface area contributed by atoms with Crippen LogP contribution in [0.2, 0.25) is 0 Å². The van der Waals surface area contributed by atoms with Crippen LogP contribution in [0.4, 0.5) is 8.78 Å². The summed E-state index contributed by atoms with van der Waals surface area (Å²) in [6.07, 6.45) is 4.32. The summed E-state index contributed by atoms with van der Waals surface area (Å²) < 4.78 is 25.5. The predicted octanol–water partition coefficient (Wildman–Crippen LogP) is 2.48. The van der Waals surface area contributed by atoms with Gasteiger partial charge >= 0.3 is 5.97 Å². The Morgan fingerprint density at radius 1 is 1.53 bits per heavy atom. The molecule has 5 nitrogen and oxygen atoms in total. The fraction of sp³-hybridized carbons (Fsp3) is 0.100.